The van der Waals surface area contributed by atoms with Gasteiger partial charge in [-0.15, -0.1) is 0 Å². The first-order chi connectivity index (χ1) is 8.62. The van der Waals surface area contributed by atoms with E-state index in [-0.39, 0.29) is 6.61 Å². The van der Waals surface area contributed by atoms with Gasteiger partial charge < -0.3 is 5.11 Å². The average Bonchev–Trinajstić information content (AvgIpc) is 2.34. The molecular weight excluding hydrogens is 269 g/mol. The number of halogens is 2. The van der Waals surface area contributed by atoms with Crippen LogP contribution in [0.3, 0.4) is 0 Å². The van der Waals surface area contributed by atoms with E-state index in [1.807, 2.05) is 12.1 Å². The first-order valence-corrected chi connectivity index (χ1v) is 7.16. The van der Waals surface area contributed by atoms with Gasteiger partial charge in [-0.05, 0) is 30.5 Å². The molecule has 0 atom stereocenters. The molecule has 0 saturated heterocycles. The summed E-state index contributed by atoms with van der Waals surface area (Å²) < 4.78 is 0. The topological polar surface area (TPSA) is 23.5 Å². The molecule has 0 radical (unpaired) electrons. The normalized spacial score (nSPS) is 11.5. The van der Waals surface area contributed by atoms with E-state index in [1.165, 1.54) is 0 Å². The van der Waals surface area contributed by atoms with Crippen molar-refractivity contribution >= 4 is 23.2 Å². The predicted molar refractivity (Wildman–Crippen MR) is 78.3 cm³/mol. The Morgan fingerprint density at radius 2 is 1.89 bits per heavy atom. The number of benzene rings is 1. The van der Waals surface area contributed by atoms with Crippen LogP contribution in [-0.4, -0.2) is 29.2 Å². The van der Waals surface area contributed by atoms with Crippen LogP contribution in [0.5, 0.6) is 0 Å². The molecule has 0 aromatic heterocycles. The van der Waals surface area contributed by atoms with Crippen molar-refractivity contribution < 1.29 is 5.11 Å². The molecule has 0 bridgehead atoms. The Kier molecular flexibility index (Phi) is 7.02. The molecule has 1 aromatic carbocycles. The van der Waals surface area contributed by atoms with E-state index in [1.54, 1.807) is 6.07 Å². The van der Waals surface area contributed by atoms with Crippen LogP contribution in [0.2, 0.25) is 10.0 Å². The van der Waals surface area contributed by atoms with Gasteiger partial charge in [0.2, 0.25) is 0 Å². The fourth-order valence-electron chi connectivity index (χ4n) is 2.19. The second kappa shape index (κ2) is 8.00. The number of hydrogen-bond donors (Lipinski definition) is 1. The Bertz CT molecular complexity index is 367. The summed E-state index contributed by atoms with van der Waals surface area (Å²) in [6.07, 6.45) is 2.14. The van der Waals surface area contributed by atoms with Crippen molar-refractivity contribution in [1.29, 1.82) is 0 Å². The zero-order valence-corrected chi connectivity index (χ0v) is 12.5. The molecule has 0 aliphatic rings. The molecule has 0 fully saturated rings. The molecule has 0 amide bonds. The van der Waals surface area contributed by atoms with Crippen molar-refractivity contribution in [3.63, 3.8) is 0 Å². The van der Waals surface area contributed by atoms with Crippen LogP contribution in [0.1, 0.15) is 32.3 Å². The molecule has 1 N–H and O–H groups in total. The minimum absolute atomic E-state index is 0.168. The minimum Gasteiger partial charge on any atom is -0.395 e. The lowest BCUT2D eigenvalue weighted by molar-refractivity contribution is 0.136. The van der Waals surface area contributed by atoms with Crippen molar-refractivity contribution in [2.45, 2.75) is 39.3 Å². The van der Waals surface area contributed by atoms with E-state index in [0.717, 1.165) is 24.9 Å². The van der Waals surface area contributed by atoms with Gasteiger partial charge in [-0.2, -0.15) is 0 Å². The van der Waals surface area contributed by atoms with Crippen LogP contribution in [-0.2, 0) is 6.54 Å². The molecule has 1 rings (SSSR count). The second-order valence-electron chi connectivity index (χ2n) is 4.40. The Hall–Kier alpha value is -0.280. The maximum atomic E-state index is 9.17. The zero-order valence-electron chi connectivity index (χ0n) is 11.0. The summed E-state index contributed by atoms with van der Waals surface area (Å²) in [7, 11) is 0. The standard InChI is InChI=1S/C14H21Cl2NO/c1-3-13(4-2)17(7-8-18)10-11-5-6-12(15)9-14(11)16/h5-6,9,13,18H,3-4,7-8,10H2,1-2H3. The van der Waals surface area contributed by atoms with Crippen molar-refractivity contribution in [2.24, 2.45) is 0 Å². The van der Waals surface area contributed by atoms with Gasteiger partial charge in [0.25, 0.3) is 0 Å². The fourth-order valence-corrected chi connectivity index (χ4v) is 2.66. The third-order valence-corrected chi connectivity index (χ3v) is 3.82. The average molecular weight is 290 g/mol. The summed E-state index contributed by atoms with van der Waals surface area (Å²) in [4.78, 5) is 2.27. The molecule has 4 heteroatoms. The van der Waals surface area contributed by atoms with Gasteiger partial charge in [0, 0.05) is 29.2 Å². The second-order valence-corrected chi connectivity index (χ2v) is 5.24. The molecule has 0 unspecified atom stereocenters. The van der Waals surface area contributed by atoms with Crippen LogP contribution >= 0.6 is 23.2 Å². The molecule has 0 spiro atoms. The summed E-state index contributed by atoms with van der Waals surface area (Å²) in [6.45, 7) is 5.93. The maximum Gasteiger partial charge on any atom is 0.0558 e. The van der Waals surface area contributed by atoms with E-state index < -0.39 is 0 Å². The number of aliphatic hydroxyl groups is 1. The lowest BCUT2D eigenvalue weighted by Crippen LogP contribution is -2.36. The molecule has 0 saturated carbocycles. The Balaban J connectivity index is 2.82. The highest BCUT2D eigenvalue weighted by atomic mass is 35.5. The lowest BCUT2D eigenvalue weighted by Gasteiger charge is -2.30. The highest BCUT2D eigenvalue weighted by Gasteiger charge is 2.16. The summed E-state index contributed by atoms with van der Waals surface area (Å²) in [5, 5.41) is 10.5. The summed E-state index contributed by atoms with van der Waals surface area (Å²) in [5.41, 5.74) is 1.06. The third-order valence-electron chi connectivity index (χ3n) is 3.23. The number of aliphatic hydroxyl groups excluding tert-OH is 1. The zero-order chi connectivity index (χ0) is 13.5. The van der Waals surface area contributed by atoms with Crippen LogP contribution < -0.4 is 0 Å². The van der Waals surface area contributed by atoms with Crippen LogP contribution in [0, 0.1) is 0 Å². The molecule has 18 heavy (non-hydrogen) atoms. The Morgan fingerprint density at radius 1 is 1.22 bits per heavy atom. The van der Waals surface area contributed by atoms with E-state index >= 15 is 0 Å². The molecule has 0 aliphatic carbocycles. The van der Waals surface area contributed by atoms with Crippen LogP contribution in [0.25, 0.3) is 0 Å². The van der Waals surface area contributed by atoms with Crippen molar-refractivity contribution in [1.82, 2.24) is 4.90 Å². The first-order valence-electron chi connectivity index (χ1n) is 6.41. The lowest BCUT2D eigenvalue weighted by atomic mass is 10.1. The molecule has 1 aromatic rings. The first kappa shape index (κ1) is 15.8. The van der Waals surface area contributed by atoms with Gasteiger partial charge in [0.1, 0.15) is 0 Å². The van der Waals surface area contributed by atoms with Crippen LogP contribution in [0.4, 0.5) is 0 Å². The van der Waals surface area contributed by atoms with Gasteiger partial charge >= 0.3 is 0 Å². The van der Waals surface area contributed by atoms with Crippen LogP contribution in [0.15, 0.2) is 18.2 Å². The largest absolute Gasteiger partial charge is 0.395 e. The van der Waals surface area contributed by atoms with Gasteiger partial charge in [-0.25, -0.2) is 0 Å². The summed E-state index contributed by atoms with van der Waals surface area (Å²) in [5.74, 6) is 0. The van der Waals surface area contributed by atoms with Crippen molar-refractivity contribution in [2.75, 3.05) is 13.2 Å². The third kappa shape index (κ3) is 4.43. The monoisotopic (exact) mass is 289 g/mol. The van der Waals surface area contributed by atoms with E-state index in [9.17, 15) is 5.11 Å². The highest BCUT2D eigenvalue weighted by Crippen LogP contribution is 2.23. The minimum atomic E-state index is 0.168. The highest BCUT2D eigenvalue weighted by molar-refractivity contribution is 6.35. The molecule has 102 valence electrons. The van der Waals surface area contributed by atoms with Gasteiger partial charge in [-0.1, -0.05) is 43.1 Å². The molecule has 2 nitrogen and oxygen atoms in total. The Morgan fingerprint density at radius 3 is 2.39 bits per heavy atom. The van der Waals surface area contributed by atoms with Crippen molar-refractivity contribution in [3.05, 3.63) is 33.8 Å². The quantitative estimate of drug-likeness (QED) is 0.821. The molecule has 0 heterocycles. The van der Waals surface area contributed by atoms with Gasteiger partial charge in [0.05, 0.1) is 6.61 Å². The molecule has 0 aliphatic heterocycles. The Labute approximate surface area is 120 Å². The van der Waals surface area contributed by atoms with Gasteiger partial charge in [0.15, 0.2) is 0 Å². The maximum absolute atomic E-state index is 9.17. The summed E-state index contributed by atoms with van der Waals surface area (Å²) in [6, 6.07) is 6.05. The number of nitrogens with zero attached hydrogens (tertiary/aromatic N) is 1. The number of hydrogen-bond acceptors (Lipinski definition) is 2. The van der Waals surface area contributed by atoms with Gasteiger partial charge in [-0.3, -0.25) is 4.90 Å². The van der Waals surface area contributed by atoms with E-state index in [0.29, 0.717) is 22.6 Å². The molecular formula is C14H21Cl2NO. The fraction of sp³-hybridized carbons (Fsp3) is 0.571. The summed E-state index contributed by atoms with van der Waals surface area (Å²) >= 11 is 12.1. The predicted octanol–water partition coefficient (Wildman–Crippen LogP) is 3.98. The number of rotatable bonds is 7. The SMILES string of the molecule is CCC(CC)N(CCO)Cc1ccc(Cl)cc1Cl. The van der Waals surface area contributed by atoms with E-state index in [2.05, 4.69) is 18.7 Å². The van der Waals surface area contributed by atoms with Crippen molar-refractivity contribution in [3.8, 4) is 0 Å². The van der Waals surface area contributed by atoms with E-state index in [4.69, 9.17) is 23.2 Å². The smallest absolute Gasteiger partial charge is 0.0558 e.